The van der Waals surface area contributed by atoms with Crippen LogP contribution in [0, 0.1) is 0 Å². The summed E-state index contributed by atoms with van der Waals surface area (Å²) in [7, 11) is 0. The highest BCUT2D eigenvalue weighted by atomic mass is 79.9. The molecule has 0 bridgehead atoms. The number of nitrogens with two attached hydrogens (primary N) is 1. The summed E-state index contributed by atoms with van der Waals surface area (Å²) in [6.45, 7) is 0.591. The fraction of sp³-hybridized carbons (Fsp3) is 0.200. The van der Waals surface area contributed by atoms with Crippen LogP contribution in [0.3, 0.4) is 0 Å². The van der Waals surface area contributed by atoms with Crippen LogP contribution in [0.2, 0.25) is 5.02 Å². The Balaban J connectivity index is 2.34. The van der Waals surface area contributed by atoms with Crippen LogP contribution in [-0.2, 0) is 6.42 Å². The first-order valence-electron chi connectivity index (χ1n) is 4.68. The minimum atomic E-state index is 0.591. The second-order valence-electron chi connectivity index (χ2n) is 3.20. The maximum Gasteiger partial charge on any atom is 0.147 e. The van der Waals surface area contributed by atoms with E-state index in [0.29, 0.717) is 11.6 Å². The molecule has 1 heterocycles. The van der Waals surface area contributed by atoms with Crippen LogP contribution < -0.4 is 5.73 Å². The number of hydrogen-bond acceptors (Lipinski definition) is 4. The molecule has 0 spiro atoms. The third-order valence-electron chi connectivity index (χ3n) is 1.93. The molecule has 0 saturated carbocycles. The summed E-state index contributed by atoms with van der Waals surface area (Å²) < 4.78 is 0.936. The molecule has 0 aliphatic heterocycles. The van der Waals surface area contributed by atoms with E-state index < -0.39 is 0 Å². The second kappa shape index (κ2) is 5.23. The van der Waals surface area contributed by atoms with Crippen LogP contribution in [0.4, 0.5) is 0 Å². The number of aromatic nitrogens is 2. The van der Waals surface area contributed by atoms with Gasteiger partial charge in [0.1, 0.15) is 10.0 Å². The molecule has 6 heteroatoms. The minimum absolute atomic E-state index is 0.591. The number of rotatable bonds is 3. The lowest BCUT2D eigenvalue weighted by Gasteiger charge is -1.98. The predicted octanol–water partition coefficient (Wildman–Crippen LogP) is 3.12. The van der Waals surface area contributed by atoms with Crippen molar-refractivity contribution in [2.75, 3.05) is 6.54 Å². The first-order chi connectivity index (χ1) is 7.69. The van der Waals surface area contributed by atoms with E-state index in [9.17, 15) is 0 Å². The highest BCUT2D eigenvalue weighted by Gasteiger charge is 2.07. The van der Waals surface area contributed by atoms with Crippen molar-refractivity contribution in [2.45, 2.75) is 6.42 Å². The molecule has 0 fully saturated rings. The zero-order chi connectivity index (χ0) is 11.5. The van der Waals surface area contributed by atoms with Gasteiger partial charge in [0.05, 0.1) is 0 Å². The Kier molecular flexibility index (Phi) is 3.91. The molecule has 0 aliphatic carbocycles. The van der Waals surface area contributed by atoms with Gasteiger partial charge in [0.15, 0.2) is 0 Å². The van der Waals surface area contributed by atoms with Crippen molar-refractivity contribution in [3.63, 3.8) is 0 Å². The first-order valence-corrected chi connectivity index (χ1v) is 6.66. The van der Waals surface area contributed by atoms with Gasteiger partial charge in [0.25, 0.3) is 0 Å². The molecule has 1 aromatic carbocycles. The molecule has 84 valence electrons. The SMILES string of the molecule is NCCc1nnc(-c2cc(Cl)cc(Br)c2)s1. The Morgan fingerprint density at radius 3 is 2.81 bits per heavy atom. The zero-order valence-corrected chi connectivity index (χ0v) is 11.4. The van der Waals surface area contributed by atoms with Gasteiger partial charge < -0.3 is 5.73 Å². The van der Waals surface area contributed by atoms with Crippen LogP contribution in [0.25, 0.3) is 10.6 Å². The van der Waals surface area contributed by atoms with Gasteiger partial charge in [0.2, 0.25) is 0 Å². The van der Waals surface area contributed by atoms with E-state index in [4.69, 9.17) is 17.3 Å². The Morgan fingerprint density at radius 2 is 2.12 bits per heavy atom. The summed E-state index contributed by atoms with van der Waals surface area (Å²) in [6.07, 6.45) is 0.763. The van der Waals surface area contributed by atoms with Crippen molar-refractivity contribution in [1.82, 2.24) is 10.2 Å². The van der Waals surface area contributed by atoms with Crippen molar-refractivity contribution in [1.29, 1.82) is 0 Å². The molecule has 3 nitrogen and oxygen atoms in total. The summed E-state index contributed by atoms with van der Waals surface area (Å²) in [5, 5.41) is 10.7. The molecule has 0 unspecified atom stereocenters. The molecule has 16 heavy (non-hydrogen) atoms. The van der Waals surface area contributed by atoms with Gasteiger partial charge >= 0.3 is 0 Å². The van der Waals surface area contributed by atoms with E-state index in [1.807, 2.05) is 18.2 Å². The fourth-order valence-corrected chi connectivity index (χ4v) is 2.97. The highest BCUT2D eigenvalue weighted by molar-refractivity contribution is 9.10. The summed E-state index contributed by atoms with van der Waals surface area (Å²) in [4.78, 5) is 0. The van der Waals surface area contributed by atoms with E-state index in [-0.39, 0.29) is 0 Å². The molecule has 0 aliphatic rings. The van der Waals surface area contributed by atoms with E-state index in [0.717, 1.165) is 26.5 Å². The van der Waals surface area contributed by atoms with Crippen molar-refractivity contribution in [3.8, 4) is 10.6 Å². The van der Waals surface area contributed by atoms with E-state index in [1.165, 1.54) is 0 Å². The van der Waals surface area contributed by atoms with E-state index in [1.54, 1.807) is 11.3 Å². The van der Waals surface area contributed by atoms with Crippen LogP contribution >= 0.6 is 38.9 Å². The average molecular weight is 319 g/mol. The minimum Gasteiger partial charge on any atom is -0.330 e. The maximum atomic E-state index is 5.97. The van der Waals surface area contributed by atoms with Crippen LogP contribution in [-0.4, -0.2) is 16.7 Å². The lowest BCUT2D eigenvalue weighted by molar-refractivity contribution is 0.913. The molecular weight excluding hydrogens is 310 g/mol. The molecule has 0 atom stereocenters. The van der Waals surface area contributed by atoms with Gasteiger partial charge in [-0.25, -0.2) is 0 Å². The molecular formula is C10H9BrClN3S. The van der Waals surface area contributed by atoms with Gasteiger partial charge in [-0.3, -0.25) is 0 Å². The Bertz CT molecular complexity index is 480. The number of halogens is 2. The third kappa shape index (κ3) is 2.79. The topological polar surface area (TPSA) is 51.8 Å². The van der Waals surface area contributed by atoms with Gasteiger partial charge in [-0.1, -0.05) is 38.9 Å². The largest absolute Gasteiger partial charge is 0.330 e. The van der Waals surface area contributed by atoms with Gasteiger partial charge in [-0.15, -0.1) is 10.2 Å². The maximum absolute atomic E-state index is 5.97. The van der Waals surface area contributed by atoms with Gasteiger partial charge in [0, 0.05) is 21.5 Å². The monoisotopic (exact) mass is 317 g/mol. The van der Waals surface area contributed by atoms with Crippen molar-refractivity contribution >= 4 is 38.9 Å². The first kappa shape index (κ1) is 12.0. The summed E-state index contributed by atoms with van der Waals surface area (Å²) >= 11 is 10.9. The molecule has 0 radical (unpaired) electrons. The summed E-state index contributed by atoms with van der Waals surface area (Å²) in [6, 6.07) is 5.69. The fourth-order valence-electron chi connectivity index (χ4n) is 1.27. The molecule has 0 amide bonds. The average Bonchev–Trinajstić information content (AvgIpc) is 2.65. The molecule has 2 aromatic rings. The van der Waals surface area contributed by atoms with Crippen LogP contribution in [0.15, 0.2) is 22.7 Å². The zero-order valence-electron chi connectivity index (χ0n) is 8.28. The van der Waals surface area contributed by atoms with Gasteiger partial charge in [-0.2, -0.15) is 0 Å². The van der Waals surface area contributed by atoms with Crippen LogP contribution in [0.5, 0.6) is 0 Å². The summed E-state index contributed by atoms with van der Waals surface area (Å²) in [5.41, 5.74) is 6.44. The van der Waals surface area contributed by atoms with Gasteiger partial charge in [-0.05, 0) is 24.7 Å². The standard InChI is InChI=1S/C10H9BrClN3S/c11-7-3-6(4-8(12)5-7)10-15-14-9(16-10)1-2-13/h3-5H,1-2,13H2. The smallest absolute Gasteiger partial charge is 0.147 e. The van der Waals surface area contributed by atoms with Crippen molar-refractivity contribution in [3.05, 3.63) is 32.7 Å². The quantitative estimate of drug-likeness (QED) is 0.946. The Hall–Kier alpha value is -0.490. The Labute approximate surface area is 111 Å². The summed E-state index contributed by atoms with van der Waals surface area (Å²) in [5.74, 6) is 0. The molecule has 2 N–H and O–H groups in total. The molecule has 0 saturated heterocycles. The predicted molar refractivity (Wildman–Crippen MR) is 70.8 cm³/mol. The third-order valence-corrected chi connectivity index (χ3v) is 3.64. The normalized spacial score (nSPS) is 10.7. The lowest BCUT2D eigenvalue weighted by Crippen LogP contribution is -2.01. The second-order valence-corrected chi connectivity index (χ2v) is 5.61. The van der Waals surface area contributed by atoms with E-state index >= 15 is 0 Å². The molecule has 1 aromatic heterocycles. The highest BCUT2D eigenvalue weighted by Crippen LogP contribution is 2.29. The number of benzene rings is 1. The van der Waals surface area contributed by atoms with E-state index in [2.05, 4.69) is 26.1 Å². The molecule has 2 rings (SSSR count). The van der Waals surface area contributed by atoms with Crippen LogP contribution in [0.1, 0.15) is 5.01 Å². The lowest BCUT2D eigenvalue weighted by atomic mass is 10.2. The Morgan fingerprint density at radius 1 is 1.31 bits per heavy atom. The number of nitrogens with zero attached hydrogens (tertiary/aromatic N) is 2. The number of hydrogen-bond donors (Lipinski definition) is 1. The van der Waals surface area contributed by atoms with Crippen molar-refractivity contribution in [2.24, 2.45) is 5.73 Å². The van der Waals surface area contributed by atoms with Crippen molar-refractivity contribution < 1.29 is 0 Å².